The van der Waals surface area contributed by atoms with Crippen molar-refractivity contribution in [3.8, 4) is 5.75 Å². The van der Waals surface area contributed by atoms with Gasteiger partial charge in [-0.05, 0) is 34.6 Å². The third kappa shape index (κ3) is 6.95. The summed E-state index contributed by atoms with van der Waals surface area (Å²) in [5, 5.41) is 2.92. The number of carbonyl (C=O) groups is 1. The summed E-state index contributed by atoms with van der Waals surface area (Å²) in [6, 6.07) is 16.8. The van der Waals surface area contributed by atoms with Gasteiger partial charge in [-0.1, -0.05) is 63.2 Å². The number of carbonyl (C=O) groups excluding carboxylic acids is 1. The van der Waals surface area contributed by atoms with Crippen LogP contribution in [-0.2, 0) is 24.9 Å². The summed E-state index contributed by atoms with van der Waals surface area (Å²) in [4.78, 5) is 21.7. The lowest BCUT2D eigenvalue weighted by molar-refractivity contribution is 0.0948. The van der Waals surface area contributed by atoms with E-state index in [1.165, 1.54) is 17.4 Å². The number of hydrogen-bond acceptors (Lipinski definition) is 6. The maximum Gasteiger partial charge on any atom is 0.273 e. The quantitative estimate of drug-likeness (QED) is 0.483. The first kappa shape index (κ1) is 25.9. The monoisotopic (exact) mass is 490 g/mol. The van der Waals surface area contributed by atoms with E-state index in [-0.39, 0.29) is 11.3 Å². The van der Waals surface area contributed by atoms with E-state index in [1.54, 1.807) is 7.11 Å². The van der Waals surface area contributed by atoms with E-state index < -0.39 is 0 Å². The van der Waals surface area contributed by atoms with E-state index >= 15 is 0 Å². The van der Waals surface area contributed by atoms with Crippen LogP contribution in [0.5, 0.6) is 5.75 Å². The Morgan fingerprint density at radius 2 is 1.67 bits per heavy atom. The maximum atomic E-state index is 12.5. The summed E-state index contributed by atoms with van der Waals surface area (Å²) in [5.41, 5.74) is 4.28. The molecule has 1 aliphatic rings. The zero-order valence-corrected chi connectivity index (χ0v) is 21.9. The lowest BCUT2D eigenvalue weighted by Gasteiger charge is -2.34. The van der Waals surface area contributed by atoms with Crippen LogP contribution in [0.25, 0.3) is 0 Å². The van der Waals surface area contributed by atoms with E-state index in [0.717, 1.165) is 44.0 Å². The van der Waals surface area contributed by atoms with Crippen LogP contribution >= 0.6 is 0 Å². The molecule has 1 aromatic heterocycles. The lowest BCUT2D eigenvalue weighted by Crippen LogP contribution is -2.45. The Labute approximate surface area is 214 Å². The van der Waals surface area contributed by atoms with E-state index in [2.05, 4.69) is 65.1 Å². The Balaban J connectivity index is 1.20. The van der Waals surface area contributed by atoms with Crippen molar-refractivity contribution < 1.29 is 13.9 Å². The number of para-hydroxylation sites is 1. The highest BCUT2D eigenvalue weighted by Crippen LogP contribution is 2.23. The maximum absolute atomic E-state index is 12.5. The first-order valence-electron chi connectivity index (χ1n) is 12.7. The summed E-state index contributed by atoms with van der Waals surface area (Å²) < 4.78 is 11.0. The van der Waals surface area contributed by atoms with E-state index in [9.17, 15) is 4.79 Å². The second-order valence-corrected chi connectivity index (χ2v) is 10.4. The highest BCUT2D eigenvalue weighted by Gasteiger charge is 2.20. The van der Waals surface area contributed by atoms with Gasteiger partial charge >= 0.3 is 0 Å². The molecule has 1 aliphatic heterocycles. The molecule has 0 aliphatic carbocycles. The van der Waals surface area contributed by atoms with Gasteiger partial charge in [0.05, 0.1) is 13.7 Å². The number of nitrogens with one attached hydrogen (secondary N) is 1. The molecule has 0 atom stereocenters. The average molecular weight is 491 g/mol. The minimum atomic E-state index is -0.220. The van der Waals surface area contributed by atoms with Crippen molar-refractivity contribution in [1.82, 2.24) is 20.1 Å². The van der Waals surface area contributed by atoms with E-state index in [0.29, 0.717) is 31.1 Å². The van der Waals surface area contributed by atoms with Crippen LogP contribution in [0.3, 0.4) is 0 Å². The van der Waals surface area contributed by atoms with Gasteiger partial charge in [0.2, 0.25) is 5.89 Å². The molecule has 1 fully saturated rings. The number of methoxy groups -OCH3 is 1. The molecule has 7 nitrogen and oxygen atoms in total. The fourth-order valence-electron chi connectivity index (χ4n) is 4.46. The number of ether oxygens (including phenoxy) is 1. The smallest absolute Gasteiger partial charge is 0.273 e. The molecule has 2 aromatic carbocycles. The molecule has 0 bridgehead atoms. The standard InChI is InChI=1S/C29H38N4O3/c1-29(2,3)24-11-9-22(10-12-24)19-32-15-17-33(18-16-32)20-27-31-25(21-36-27)28(34)30-14-13-23-7-5-6-8-26(23)35-4/h5-12,21H,13-20H2,1-4H3,(H,30,34). The number of amides is 1. The molecule has 0 radical (unpaired) electrons. The van der Waals surface area contributed by atoms with Crippen molar-refractivity contribution in [2.75, 3.05) is 39.8 Å². The van der Waals surface area contributed by atoms with Crippen LogP contribution in [0.4, 0.5) is 0 Å². The fourth-order valence-corrected chi connectivity index (χ4v) is 4.46. The molecule has 1 amide bonds. The summed E-state index contributed by atoms with van der Waals surface area (Å²) in [6.07, 6.45) is 2.14. The molecule has 0 saturated carbocycles. The average Bonchev–Trinajstić information content (AvgIpc) is 3.34. The van der Waals surface area contributed by atoms with Crippen molar-refractivity contribution in [2.45, 2.75) is 45.7 Å². The molecule has 4 rings (SSSR count). The van der Waals surface area contributed by atoms with E-state index in [1.807, 2.05) is 24.3 Å². The summed E-state index contributed by atoms with van der Waals surface area (Å²) >= 11 is 0. The van der Waals surface area contributed by atoms with Crippen molar-refractivity contribution in [1.29, 1.82) is 0 Å². The first-order chi connectivity index (χ1) is 17.3. The molecule has 1 N–H and O–H groups in total. The van der Waals surface area contributed by atoms with Crippen molar-refractivity contribution in [3.05, 3.63) is 83.1 Å². The fraction of sp³-hybridized carbons (Fsp3) is 0.448. The van der Waals surface area contributed by atoms with Crippen LogP contribution in [0.15, 0.2) is 59.2 Å². The van der Waals surface area contributed by atoms with Crippen LogP contribution in [0.2, 0.25) is 0 Å². The van der Waals surface area contributed by atoms with Gasteiger partial charge in [0, 0.05) is 39.3 Å². The second kappa shape index (κ2) is 11.7. The predicted octanol–water partition coefficient (Wildman–Crippen LogP) is 4.27. The summed E-state index contributed by atoms with van der Waals surface area (Å²) in [6.45, 7) is 12.7. The zero-order valence-electron chi connectivity index (χ0n) is 21.9. The molecule has 3 aromatic rings. The number of rotatable bonds is 9. The molecule has 36 heavy (non-hydrogen) atoms. The third-order valence-electron chi connectivity index (χ3n) is 6.71. The molecule has 0 unspecified atom stereocenters. The topological polar surface area (TPSA) is 70.8 Å². The highest BCUT2D eigenvalue weighted by atomic mass is 16.5. The van der Waals surface area contributed by atoms with Crippen LogP contribution < -0.4 is 10.1 Å². The van der Waals surface area contributed by atoms with Gasteiger partial charge in [0.25, 0.3) is 5.91 Å². The second-order valence-electron chi connectivity index (χ2n) is 10.4. The van der Waals surface area contributed by atoms with Gasteiger partial charge in [0.15, 0.2) is 5.69 Å². The molecule has 0 spiro atoms. The molecular weight excluding hydrogens is 452 g/mol. The summed E-state index contributed by atoms with van der Waals surface area (Å²) in [5.74, 6) is 1.19. The SMILES string of the molecule is COc1ccccc1CCNC(=O)c1coc(CN2CCN(Cc3ccc(C(C)(C)C)cc3)CC2)n1. The Bertz CT molecular complexity index is 1130. The van der Waals surface area contributed by atoms with Gasteiger partial charge in [-0.2, -0.15) is 0 Å². The molecule has 7 heteroatoms. The van der Waals surface area contributed by atoms with E-state index in [4.69, 9.17) is 9.15 Å². The van der Waals surface area contributed by atoms with Gasteiger partial charge in [-0.25, -0.2) is 4.98 Å². The van der Waals surface area contributed by atoms with Crippen LogP contribution in [-0.4, -0.2) is 60.5 Å². The van der Waals surface area contributed by atoms with Crippen molar-refractivity contribution in [2.24, 2.45) is 0 Å². The first-order valence-corrected chi connectivity index (χ1v) is 12.7. The highest BCUT2D eigenvalue weighted by molar-refractivity contribution is 5.91. The van der Waals surface area contributed by atoms with Gasteiger partial charge < -0.3 is 14.5 Å². The minimum absolute atomic E-state index is 0.181. The van der Waals surface area contributed by atoms with Crippen molar-refractivity contribution >= 4 is 5.91 Å². The Kier molecular flexibility index (Phi) is 8.44. The number of hydrogen-bond donors (Lipinski definition) is 1. The molecule has 1 saturated heterocycles. The van der Waals surface area contributed by atoms with Crippen LogP contribution in [0.1, 0.15) is 53.8 Å². The Hall–Kier alpha value is -3.16. The number of oxazole rings is 1. The lowest BCUT2D eigenvalue weighted by atomic mass is 9.87. The molecule has 192 valence electrons. The van der Waals surface area contributed by atoms with Gasteiger partial charge in [-0.3, -0.25) is 14.6 Å². The number of piperazine rings is 1. The molecule has 2 heterocycles. The largest absolute Gasteiger partial charge is 0.496 e. The van der Waals surface area contributed by atoms with Crippen LogP contribution in [0, 0.1) is 0 Å². The predicted molar refractivity (Wildman–Crippen MR) is 141 cm³/mol. The van der Waals surface area contributed by atoms with Crippen molar-refractivity contribution in [3.63, 3.8) is 0 Å². The Morgan fingerprint density at radius 3 is 2.33 bits per heavy atom. The molecular formula is C29H38N4O3. The normalized spacial score (nSPS) is 15.1. The summed E-state index contributed by atoms with van der Waals surface area (Å²) in [7, 11) is 1.65. The third-order valence-corrected chi connectivity index (χ3v) is 6.71. The number of nitrogens with zero attached hydrogens (tertiary/aromatic N) is 3. The zero-order chi connectivity index (χ0) is 25.5. The van der Waals surface area contributed by atoms with Gasteiger partial charge in [-0.15, -0.1) is 0 Å². The Morgan fingerprint density at radius 1 is 1.00 bits per heavy atom. The number of aromatic nitrogens is 1. The minimum Gasteiger partial charge on any atom is -0.496 e. The van der Waals surface area contributed by atoms with Gasteiger partial charge in [0.1, 0.15) is 12.0 Å². The number of benzene rings is 2.